The van der Waals surface area contributed by atoms with E-state index < -0.39 is 12.0 Å². The molecule has 104 valence electrons. The highest BCUT2D eigenvalue weighted by molar-refractivity contribution is 5.82. The Morgan fingerprint density at radius 1 is 1.26 bits per heavy atom. The summed E-state index contributed by atoms with van der Waals surface area (Å²) in [5.74, 6) is 0.355. The summed E-state index contributed by atoms with van der Waals surface area (Å²) in [6, 6.07) is 7.48. The lowest BCUT2D eigenvalue weighted by Crippen LogP contribution is -2.46. The van der Waals surface area contributed by atoms with Gasteiger partial charge in [0.2, 0.25) is 0 Å². The van der Waals surface area contributed by atoms with E-state index in [4.69, 9.17) is 4.42 Å². The Morgan fingerprint density at radius 2 is 1.95 bits per heavy atom. The molecule has 0 bridgehead atoms. The molecular formula is C15H19F2NO. The van der Waals surface area contributed by atoms with Gasteiger partial charge in [0.25, 0.3) is 6.43 Å². The highest BCUT2D eigenvalue weighted by Gasteiger charge is 2.41. The molecule has 0 saturated carbocycles. The summed E-state index contributed by atoms with van der Waals surface area (Å²) in [4.78, 5) is 0. The van der Waals surface area contributed by atoms with Gasteiger partial charge in [-0.2, -0.15) is 0 Å². The van der Waals surface area contributed by atoms with Gasteiger partial charge < -0.3 is 9.73 Å². The molecule has 0 radical (unpaired) electrons. The van der Waals surface area contributed by atoms with Crippen LogP contribution in [0.25, 0.3) is 11.0 Å². The van der Waals surface area contributed by atoms with Crippen molar-refractivity contribution in [3.63, 3.8) is 0 Å². The number of fused-ring (bicyclic) bond motifs is 1. The third kappa shape index (κ3) is 2.25. The number of aryl methyl sites for hydroxylation is 1. The fraction of sp³-hybridized carbons (Fsp3) is 0.467. The van der Waals surface area contributed by atoms with Crippen LogP contribution in [0.2, 0.25) is 0 Å². The quantitative estimate of drug-likeness (QED) is 0.882. The lowest BCUT2D eigenvalue weighted by Gasteiger charge is -2.28. The molecule has 1 heterocycles. The van der Waals surface area contributed by atoms with Crippen LogP contribution in [0, 0.1) is 0 Å². The molecule has 2 aromatic rings. The van der Waals surface area contributed by atoms with Crippen molar-refractivity contribution < 1.29 is 13.2 Å². The third-order valence-electron chi connectivity index (χ3n) is 3.50. The first-order valence-electron chi connectivity index (χ1n) is 6.58. The van der Waals surface area contributed by atoms with Crippen LogP contribution >= 0.6 is 0 Å². The number of hydrogen-bond acceptors (Lipinski definition) is 2. The minimum absolute atomic E-state index is 0.355. The summed E-state index contributed by atoms with van der Waals surface area (Å²) in [6.07, 6.45) is -1.86. The van der Waals surface area contributed by atoms with Gasteiger partial charge in [0, 0.05) is 10.9 Å². The van der Waals surface area contributed by atoms with Crippen molar-refractivity contribution in [3.8, 4) is 0 Å². The molecule has 0 aliphatic heterocycles. The third-order valence-corrected chi connectivity index (χ3v) is 3.50. The molecule has 19 heavy (non-hydrogen) atoms. The van der Waals surface area contributed by atoms with Crippen molar-refractivity contribution in [2.75, 3.05) is 6.54 Å². The molecule has 1 unspecified atom stereocenters. The van der Waals surface area contributed by atoms with Crippen LogP contribution in [0.5, 0.6) is 0 Å². The van der Waals surface area contributed by atoms with Crippen LogP contribution in [-0.4, -0.2) is 13.0 Å². The maximum absolute atomic E-state index is 13.5. The monoisotopic (exact) mass is 267 g/mol. The zero-order valence-electron chi connectivity index (χ0n) is 11.5. The SMILES string of the molecule is CCNC(C)(c1oc2ccccc2c1CC)C(F)F. The first-order chi connectivity index (χ1) is 9.04. The molecule has 0 amide bonds. The molecule has 2 nitrogen and oxygen atoms in total. The van der Waals surface area contributed by atoms with Gasteiger partial charge in [-0.1, -0.05) is 32.0 Å². The van der Waals surface area contributed by atoms with Crippen LogP contribution in [0.4, 0.5) is 8.78 Å². The van der Waals surface area contributed by atoms with Gasteiger partial charge in [0.1, 0.15) is 16.9 Å². The highest BCUT2D eigenvalue weighted by atomic mass is 19.3. The zero-order valence-corrected chi connectivity index (χ0v) is 11.5. The molecule has 4 heteroatoms. The van der Waals surface area contributed by atoms with E-state index in [2.05, 4.69) is 5.32 Å². The van der Waals surface area contributed by atoms with Gasteiger partial charge >= 0.3 is 0 Å². The van der Waals surface area contributed by atoms with E-state index in [1.807, 2.05) is 38.1 Å². The van der Waals surface area contributed by atoms with Crippen molar-refractivity contribution in [2.45, 2.75) is 39.2 Å². The predicted molar refractivity (Wildman–Crippen MR) is 72.6 cm³/mol. The number of para-hydroxylation sites is 1. The molecule has 0 saturated heterocycles. The molecule has 1 aromatic carbocycles. The van der Waals surface area contributed by atoms with Crippen molar-refractivity contribution in [1.29, 1.82) is 0 Å². The molecule has 1 aromatic heterocycles. The number of hydrogen-bond donors (Lipinski definition) is 1. The Morgan fingerprint density at radius 3 is 2.53 bits per heavy atom. The van der Waals surface area contributed by atoms with Gasteiger partial charge in [-0.15, -0.1) is 0 Å². The minimum atomic E-state index is -2.53. The summed E-state index contributed by atoms with van der Waals surface area (Å²) >= 11 is 0. The van der Waals surface area contributed by atoms with Crippen LogP contribution in [0.3, 0.4) is 0 Å². The molecule has 0 aliphatic carbocycles. The Kier molecular flexibility index (Phi) is 3.90. The smallest absolute Gasteiger partial charge is 0.263 e. The highest BCUT2D eigenvalue weighted by Crippen LogP contribution is 2.37. The molecule has 1 N–H and O–H groups in total. The molecule has 0 aliphatic rings. The van der Waals surface area contributed by atoms with Crippen LogP contribution in [0.1, 0.15) is 32.1 Å². The molecular weight excluding hydrogens is 248 g/mol. The van der Waals surface area contributed by atoms with E-state index in [-0.39, 0.29) is 0 Å². The second-order valence-electron chi connectivity index (χ2n) is 4.79. The largest absolute Gasteiger partial charge is 0.459 e. The lowest BCUT2D eigenvalue weighted by atomic mass is 9.93. The van der Waals surface area contributed by atoms with E-state index in [0.29, 0.717) is 24.3 Å². The molecule has 0 fully saturated rings. The zero-order chi connectivity index (χ0) is 14.0. The number of benzene rings is 1. The number of furan rings is 1. The van der Waals surface area contributed by atoms with Gasteiger partial charge in [-0.25, -0.2) is 8.78 Å². The van der Waals surface area contributed by atoms with Crippen molar-refractivity contribution >= 4 is 11.0 Å². The summed E-state index contributed by atoms with van der Waals surface area (Å²) in [5, 5.41) is 3.79. The Bertz CT molecular complexity index is 564. The van der Waals surface area contributed by atoms with E-state index in [1.54, 1.807) is 0 Å². The molecule has 1 atom stereocenters. The van der Waals surface area contributed by atoms with E-state index >= 15 is 0 Å². The second-order valence-corrected chi connectivity index (χ2v) is 4.79. The van der Waals surface area contributed by atoms with Crippen LogP contribution in [0.15, 0.2) is 28.7 Å². The van der Waals surface area contributed by atoms with E-state index in [1.165, 1.54) is 6.92 Å². The van der Waals surface area contributed by atoms with Crippen LogP contribution in [-0.2, 0) is 12.0 Å². The Labute approximate surface area is 111 Å². The maximum Gasteiger partial charge on any atom is 0.263 e. The normalized spacial score (nSPS) is 15.1. The first-order valence-corrected chi connectivity index (χ1v) is 6.58. The number of halogens is 2. The minimum Gasteiger partial charge on any atom is -0.459 e. The topological polar surface area (TPSA) is 25.2 Å². The predicted octanol–water partition coefficient (Wildman–Crippen LogP) is 4.09. The fourth-order valence-corrected chi connectivity index (χ4v) is 2.49. The van der Waals surface area contributed by atoms with Crippen molar-refractivity contribution in [2.24, 2.45) is 0 Å². The fourth-order valence-electron chi connectivity index (χ4n) is 2.49. The number of rotatable bonds is 5. The van der Waals surface area contributed by atoms with Gasteiger partial charge in [0.15, 0.2) is 0 Å². The number of nitrogens with one attached hydrogen (secondary N) is 1. The van der Waals surface area contributed by atoms with Gasteiger partial charge in [-0.3, -0.25) is 0 Å². The maximum atomic E-state index is 13.5. The second kappa shape index (κ2) is 5.29. The summed E-state index contributed by atoms with van der Waals surface area (Å²) < 4.78 is 32.7. The van der Waals surface area contributed by atoms with Crippen molar-refractivity contribution in [1.82, 2.24) is 5.32 Å². The average Bonchev–Trinajstić information content (AvgIpc) is 2.77. The standard InChI is InChI=1S/C15H19F2NO/c1-4-10-11-8-6-7-9-12(11)19-13(10)15(3,14(16)17)18-5-2/h6-9,14,18H,4-5H2,1-3H3. The van der Waals surface area contributed by atoms with E-state index in [0.717, 1.165) is 10.9 Å². The Hall–Kier alpha value is -1.42. The average molecular weight is 267 g/mol. The van der Waals surface area contributed by atoms with E-state index in [9.17, 15) is 8.78 Å². The van der Waals surface area contributed by atoms with Crippen LogP contribution < -0.4 is 5.32 Å². The van der Waals surface area contributed by atoms with Gasteiger partial charge in [-0.05, 0) is 26.0 Å². The Balaban J connectivity index is 2.66. The number of alkyl halides is 2. The molecule has 0 spiro atoms. The summed E-state index contributed by atoms with van der Waals surface area (Å²) in [5.41, 5.74) is 0.0810. The summed E-state index contributed by atoms with van der Waals surface area (Å²) in [6.45, 7) is 5.73. The summed E-state index contributed by atoms with van der Waals surface area (Å²) in [7, 11) is 0. The first kappa shape index (κ1) is 14.0. The van der Waals surface area contributed by atoms with Crippen molar-refractivity contribution in [3.05, 3.63) is 35.6 Å². The lowest BCUT2D eigenvalue weighted by molar-refractivity contribution is 0.0268. The van der Waals surface area contributed by atoms with Gasteiger partial charge in [0.05, 0.1) is 0 Å². The molecule has 2 rings (SSSR count).